The van der Waals surface area contributed by atoms with Crippen LogP contribution in [0.3, 0.4) is 0 Å². The van der Waals surface area contributed by atoms with Gasteiger partial charge in [0, 0.05) is 6.04 Å². The number of para-hydroxylation sites is 1. The summed E-state index contributed by atoms with van der Waals surface area (Å²) in [6.45, 7) is 2.43. The Kier molecular flexibility index (Phi) is 5.15. The van der Waals surface area contributed by atoms with Crippen LogP contribution in [-0.2, 0) is 6.61 Å². The number of amides is 1. The highest BCUT2D eigenvalue weighted by Gasteiger charge is 2.42. The molecule has 1 N–H and O–H groups in total. The molecule has 0 aliphatic heterocycles. The highest BCUT2D eigenvalue weighted by atomic mass is 19.1. The summed E-state index contributed by atoms with van der Waals surface area (Å²) in [4.78, 5) is 12.9. The summed E-state index contributed by atoms with van der Waals surface area (Å²) in [6, 6.07) is 13.7. The normalized spacial score (nSPS) is 24.6. The molecule has 0 radical (unpaired) electrons. The molecule has 2 aliphatic rings. The van der Waals surface area contributed by atoms with Gasteiger partial charge in [0.1, 0.15) is 18.2 Å². The van der Waals surface area contributed by atoms with Crippen LogP contribution < -0.4 is 10.1 Å². The molecule has 4 atom stereocenters. The van der Waals surface area contributed by atoms with Gasteiger partial charge in [0.05, 0.1) is 5.56 Å². The average molecular weight is 367 g/mol. The summed E-state index contributed by atoms with van der Waals surface area (Å²) in [5, 5.41) is 3.20. The van der Waals surface area contributed by atoms with Crippen molar-refractivity contribution >= 4 is 5.91 Å². The third-order valence-electron chi connectivity index (χ3n) is 6.23. The molecule has 0 aromatic heterocycles. The topological polar surface area (TPSA) is 38.3 Å². The van der Waals surface area contributed by atoms with Crippen LogP contribution in [0.2, 0.25) is 0 Å². The molecule has 2 aromatic rings. The fourth-order valence-electron chi connectivity index (χ4n) is 4.82. The van der Waals surface area contributed by atoms with Gasteiger partial charge in [-0.3, -0.25) is 4.79 Å². The monoisotopic (exact) mass is 367 g/mol. The first-order chi connectivity index (χ1) is 13.1. The number of fused-ring (bicyclic) bond motifs is 2. The minimum atomic E-state index is -0.270. The number of hydrogen-bond donors (Lipinski definition) is 1. The van der Waals surface area contributed by atoms with E-state index in [1.54, 1.807) is 24.3 Å². The Morgan fingerprint density at radius 3 is 2.63 bits per heavy atom. The SMILES string of the molecule is C[C@H](NC(=O)c1ccccc1OCc1ccc(F)cc1)[C@H]1C[C@H]2CC[C@H]1C2. The van der Waals surface area contributed by atoms with E-state index >= 15 is 0 Å². The van der Waals surface area contributed by atoms with Crippen molar-refractivity contribution in [3.63, 3.8) is 0 Å². The minimum Gasteiger partial charge on any atom is -0.488 e. The Morgan fingerprint density at radius 1 is 1.15 bits per heavy atom. The molecular formula is C23H26FNO2. The predicted molar refractivity (Wildman–Crippen MR) is 103 cm³/mol. The molecule has 2 fully saturated rings. The lowest BCUT2D eigenvalue weighted by atomic mass is 9.84. The van der Waals surface area contributed by atoms with E-state index in [0.717, 1.165) is 17.4 Å². The zero-order valence-electron chi connectivity index (χ0n) is 15.7. The fourth-order valence-corrected chi connectivity index (χ4v) is 4.82. The molecule has 0 unspecified atom stereocenters. The van der Waals surface area contributed by atoms with Crippen molar-refractivity contribution in [1.29, 1.82) is 0 Å². The summed E-state index contributed by atoms with van der Waals surface area (Å²) >= 11 is 0. The molecule has 2 aromatic carbocycles. The van der Waals surface area contributed by atoms with Crippen molar-refractivity contribution in [3.05, 3.63) is 65.5 Å². The lowest BCUT2D eigenvalue weighted by Crippen LogP contribution is -2.40. The van der Waals surface area contributed by atoms with Crippen molar-refractivity contribution < 1.29 is 13.9 Å². The van der Waals surface area contributed by atoms with Gasteiger partial charge in [0.15, 0.2) is 0 Å². The molecule has 2 bridgehead atoms. The third-order valence-corrected chi connectivity index (χ3v) is 6.23. The molecule has 2 saturated carbocycles. The molecule has 4 rings (SSSR count). The van der Waals surface area contributed by atoms with Gasteiger partial charge in [-0.2, -0.15) is 0 Å². The Labute approximate surface area is 159 Å². The number of hydrogen-bond acceptors (Lipinski definition) is 2. The summed E-state index contributed by atoms with van der Waals surface area (Å²) in [6.07, 6.45) is 5.26. The molecule has 2 aliphatic carbocycles. The molecule has 0 spiro atoms. The Morgan fingerprint density at radius 2 is 1.93 bits per heavy atom. The van der Waals surface area contributed by atoms with Crippen molar-refractivity contribution in [2.75, 3.05) is 0 Å². The van der Waals surface area contributed by atoms with E-state index in [4.69, 9.17) is 4.74 Å². The standard InChI is InChI=1S/C23H26FNO2/c1-15(21-13-17-6-9-18(21)12-17)25-23(26)20-4-2-3-5-22(20)27-14-16-7-10-19(24)11-8-16/h2-5,7-8,10-11,15,17-18,21H,6,9,12-14H2,1H3,(H,25,26)/t15-,17-,18-,21+/m0/s1. The molecule has 1 amide bonds. The van der Waals surface area contributed by atoms with Crippen LogP contribution >= 0.6 is 0 Å². The zero-order valence-corrected chi connectivity index (χ0v) is 15.7. The summed E-state index contributed by atoms with van der Waals surface area (Å²) in [7, 11) is 0. The van der Waals surface area contributed by atoms with Crippen LogP contribution in [0.15, 0.2) is 48.5 Å². The third kappa shape index (κ3) is 4.00. The first-order valence-electron chi connectivity index (χ1n) is 9.87. The van der Waals surface area contributed by atoms with Gasteiger partial charge < -0.3 is 10.1 Å². The quantitative estimate of drug-likeness (QED) is 0.784. The Hall–Kier alpha value is -2.36. The van der Waals surface area contributed by atoms with Crippen molar-refractivity contribution in [2.24, 2.45) is 17.8 Å². The lowest BCUT2D eigenvalue weighted by Gasteiger charge is -2.28. The second kappa shape index (κ2) is 7.71. The van der Waals surface area contributed by atoms with E-state index in [2.05, 4.69) is 12.2 Å². The maximum Gasteiger partial charge on any atom is 0.255 e. The predicted octanol–water partition coefficient (Wildman–Crippen LogP) is 4.96. The van der Waals surface area contributed by atoms with Crippen LogP contribution in [0, 0.1) is 23.6 Å². The smallest absolute Gasteiger partial charge is 0.255 e. The number of ether oxygens (including phenoxy) is 1. The second-order valence-electron chi connectivity index (χ2n) is 8.01. The van der Waals surface area contributed by atoms with Gasteiger partial charge in [-0.25, -0.2) is 4.39 Å². The molecule has 0 saturated heterocycles. The first-order valence-corrected chi connectivity index (χ1v) is 9.87. The number of carbonyl (C=O) groups excluding carboxylic acids is 1. The van der Waals surface area contributed by atoms with Gasteiger partial charge in [0.2, 0.25) is 0 Å². The van der Waals surface area contributed by atoms with E-state index in [9.17, 15) is 9.18 Å². The summed E-state index contributed by atoms with van der Waals surface area (Å²) in [5.41, 5.74) is 1.41. The van der Waals surface area contributed by atoms with Crippen LogP contribution in [0.25, 0.3) is 0 Å². The number of nitrogens with one attached hydrogen (secondary N) is 1. The molecule has 3 nitrogen and oxygen atoms in total. The molecular weight excluding hydrogens is 341 g/mol. The van der Waals surface area contributed by atoms with Crippen molar-refractivity contribution in [3.8, 4) is 5.75 Å². The maximum atomic E-state index is 13.0. The highest BCUT2D eigenvalue weighted by molar-refractivity contribution is 5.97. The van der Waals surface area contributed by atoms with Gasteiger partial charge in [-0.1, -0.05) is 30.7 Å². The van der Waals surface area contributed by atoms with Crippen molar-refractivity contribution in [2.45, 2.75) is 45.3 Å². The summed E-state index contributed by atoms with van der Waals surface area (Å²) < 4.78 is 18.9. The number of carbonyl (C=O) groups is 1. The number of halogens is 1. The number of rotatable bonds is 6. The zero-order chi connectivity index (χ0) is 18.8. The van der Waals surface area contributed by atoms with Crippen LogP contribution in [-0.4, -0.2) is 11.9 Å². The molecule has 142 valence electrons. The molecule has 27 heavy (non-hydrogen) atoms. The average Bonchev–Trinajstić information content (AvgIpc) is 3.31. The summed E-state index contributed by atoms with van der Waals surface area (Å²) in [5.74, 6) is 2.44. The van der Waals surface area contributed by atoms with E-state index in [0.29, 0.717) is 23.8 Å². The largest absolute Gasteiger partial charge is 0.488 e. The van der Waals surface area contributed by atoms with Gasteiger partial charge in [-0.15, -0.1) is 0 Å². The Bertz CT molecular complexity index is 804. The van der Waals surface area contributed by atoms with Crippen LogP contribution in [0.4, 0.5) is 4.39 Å². The van der Waals surface area contributed by atoms with Gasteiger partial charge in [0.25, 0.3) is 5.91 Å². The van der Waals surface area contributed by atoms with E-state index in [-0.39, 0.29) is 17.8 Å². The van der Waals surface area contributed by atoms with Gasteiger partial charge in [-0.05, 0) is 73.8 Å². The van der Waals surface area contributed by atoms with E-state index < -0.39 is 0 Å². The minimum absolute atomic E-state index is 0.0834. The van der Waals surface area contributed by atoms with E-state index in [1.165, 1.54) is 37.8 Å². The molecule has 0 heterocycles. The number of benzene rings is 2. The molecule has 4 heteroatoms. The van der Waals surface area contributed by atoms with Gasteiger partial charge >= 0.3 is 0 Å². The van der Waals surface area contributed by atoms with Crippen LogP contribution in [0.5, 0.6) is 5.75 Å². The lowest BCUT2D eigenvalue weighted by molar-refractivity contribution is 0.0910. The maximum absolute atomic E-state index is 13.0. The second-order valence-corrected chi connectivity index (χ2v) is 8.01. The van der Waals surface area contributed by atoms with Crippen molar-refractivity contribution in [1.82, 2.24) is 5.32 Å². The van der Waals surface area contributed by atoms with Crippen LogP contribution in [0.1, 0.15) is 48.5 Å². The highest BCUT2D eigenvalue weighted by Crippen LogP contribution is 2.49. The first kappa shape index (κ1) is 18.0. The fraction of sp³-hybridized carbons (Fsp3) is 0.435. The van der Waals surface area contributed by atoms with E-state index in [1.807, 2.05) is 12.1 Å². The Balaban J connectivity index is 1.40.